The predicted octanol–water partition coefficient (Wildman–Crippen LogP) is 2.75. The van der Waals surface area contributed by atoms with Crippen molar-refractivity contribution in [3.05, 3.63) is 39.9 Å². The molecule has 0 bridgehead atoms. The average molecular weight is 294 g/mol. The first kappa shape index (κ1) is 16.6. The van der Waals surface area contributed by atoms with Gasteiger partial charge in [0.2, 0.25) is 0 Å². The lowest BCUT2D eigenvalue weighted by molar-refractivity contribution is -0.384. The van der Waals surface area contributed by atoms with Crippen molar-refractivity contribution in [2.24, 2.45) is 0 Å². The van der Waals surface area contributed by atoms with Crippen LogP contribution in [0.2, 0.25) is 0 Å². The molecule has 1 aromatic carbocycles. The number of nitrogens with one attached hydrogen (secondary N) is 1. The molecule has 1 rings (SSSR count). The molecule has 0 heterocycles. The second kappa shape index (κ2) is 6.83. The minimum Gasteiger partial charge on any atom is -0.444 e. The smallest absolute Gasteiger partial charge is 0.408 e. The standard InChI is InChI=1S/C14H18N2O5/c1-14(2,3)21-13(18)15-12(8-9-17)10-4-6-11(7-5-10)16(19)20/h4-7,9,12H,8H2,1-3H3,(H,15,18)/t12-/m0/s1. The van der Waals surface area contributed by atoms with Gasteiger partial charge in [0, 0.05) is 18.6 Å². The zero-order valence-corrected chi connectivity index (χ0v) is 12.2. The minimum absolute atomic E-state index is 0.0526. The number of nitrogens with zero attached hydrogens (tertiary/aromatic N) is 1. The highest BCUT2D eigenvalue weighted by atomic mass is 16.6. The number of nitro groups is 1. The topological polar surface area (TPSA) is 98.5 Å². The number of aldehydes is 1. The van der Waals surface area contributed by atoms with Crippen molar-refractivity contribution >= 4 is 18.1 Å². The fraction of sp³-hybridized carbons (Fsp3) is 0.429. The van der Waals surface area contributed by atoms with Crippen LogP contribution in [-0.4, -0.2) is 22.9 Å². The highest BCUT2D eigenvalue weighted by molar-refractivity contribution is 5.69. The van der Waals surface area contributed by atoms with Crippen molar-refractivity contribution in [2.45, 2.75) is 38.8 Å². The zero-order valence-electron chi connectivity index (χ0n) is 12.2. The number of nitro benzene ring substituents is 1. The van der Waals surface area contributed by atoms with E-state index in [0.717, 1.165) is 0 Å². The van der Waals surface area contributed by atoms with Gasteiger partial charge in [-0.15, -0.1) is 0 Å². The molecule has 1 amide bonds. The second-order valence-corrected chi connectivity index (χ2v) is 5.45. The number of carbonyl (C=O) groups is 2. The lowest BCUT2D eigenvalue weighted by atomic mass is 10.0. The quantitative estimate of drug-likeness (QED) is 0.511. The second-order valence-electron chi connectivity index (χ2n) is 5.45. The van der Waals surface area contributed by atoms with Gasteiger partial charge in [-0.05, 0) is 26.3 Å². The molecule has 0 unspecified atom stereocenters. The van der Waals surface area contributed by atoms with Crippen LogP contribution in [-0.2, 0) is 9.53 Å². The largest absolute Gasteiger partial charge is 0.444 e. The van der Waals surface area contributed by atoms with Crippen LogP contribution in [0, 0.1) is 10.1 Å². The van der Waals surface area contributed by atoms with Crippen molar-refractivity contribution in [3.8, 4) is 0 Å². The normalized spacial score (nSPS) is 12.3. The summed E-state index contributed by atoms with van der Waals surface area (Å²) < 4.78 is 5.12. The van der Waals surface area contributed by atoms with Gasteiger partial charge in [0.1, 0.15) is 11.9 Å². The zero-order chi connectivity index (χ0) is 16.0. The lowest BCUT2D eigenvalue weighted by Gasteiger charge is -2.23. The first-order valence-electron chi connectivity index (χ1n) is 6.40. The van der Waals surface area contributed by atoms with E-state index in [1.165, 1.54) is 24.3 Å². The molecule has 0 saturated carbocycles. The van der Waals surface area contributed by atoms with Crippen molar-refractivity contribution in [1.29, 1.82) is 0 Å². The average Bonchev–Trinajstić information content (AvgIpc) is 2.36. The number of amides is 1. The van der Waals surface area contributed by atoms with Gasteiger partial charge in [0.25, 0.3) is 5.69 Å². The van der Waals surface area contributed by atoms with Crippen molar-refractivity contribution < 1.29 is 19.2 Å². The Balaban J connectivity index is 2.83. The molecule has 0 aliphatic carbocycles. The molecule has 7 heteroatoms. The maximum absolute atomic E-state index is 11.7. The van der Waals surface area contributed by atoms with Gasteiger partial charge >= 0.3 is 6.09 Å². The summed E-state index contributed by atoms with van der Waals surface area (Å²) in [4.78, 5) is 32.6. The number of carbonyl (C=O) groups excluding carboxylic acids is 2. The SMILES string of the molecule is CC(C)(C)OC(=O)N[C@@H](CC=O)c1ccc([N+](=O)[O-])cc1. The fourth-order valence-electron chi connectivity index (χ4n) is 1.65. The molecule has 0 aliphatic rings. The highest BCUT2D eigenvalue weighted by Crippen LogP contribution is 2.20. The first-order chi connectivity index (χ1) is 9.73. The molecule has 7 nitrogen and oxygen atoms in total. The van der Waals surface area contributed by atoms with Gasteiger partial charge < -0.3 is 14.8 Å². The Morgan fingerprint density at radius 2 is 1.95 bits per heavy atom. The minimum atomic E-state index is -0.648. The molecule has 0 aromatic heterocycles. The van der Waals surface area contributed by atoms with Gasteiger partial charge in [0.05, 0.1) is 11.0 Å². The van der Waals surface area contributed by atoms with E-state index in [2.05, 4.69) is 5.32 Å². The van der Waals surface area contributed by atoms with E-state index in [9.17, 15) is 19.7 Å². The number of hydrogen-bond acceptors (Lipinski definition) is 5. The molecule has 1 atom stereocenters. The summed E-state index contributed by atoms with van der Waals surface area (Å²) in [6.07, 6.45) is 0.0771. The number of ether oxygens (including phenoxy) is 1. The molecular formula is C14H18N2O5. The number of alkyl carbamates (subject to hydrolysis) is 1. The Bertz CT molecular complexity index is 519. The van der Waals surface area contributed by atoms with E-state index >= 15 is 0 Å². The maximum atomic E-state index is 11.7. The van der Waals surface area contributed by atoms with E-state index < -0.39 is 22.7 Å². The summed E-state index contributed by atoms with van der Waals surface area (Å²) in [6, 6.07) is 5.07. The Kier molecular flexibility index (Phi) is 5.40. The third kappa shape index (κ3) is 5.60. The Hall–Kier alpha value is -2.44. The predicted molar refractivity (Wildman–Crippen MR) is 75.9 cm³/mol. The third-order valence-corrected chi connectivity index (χ3v) is 2.53. The van der Waals surface area contributed by atoms with E-state index in [4.69, 9.17) is 4.74 Å². The molecule has 21 heavy (non-hydrogen) atoms. The van der Waals surface area contributed by atoms with Gasteiger partial charge in [-0.25, -0.2) is 4.79 Å². The van der Waals surface area contributed by atoms with Gasteiger partial charge in [0.15, 0.2) is 0 Å². The van der Waals surface area contributed by atoms with Crippen molar-refractivity contribution in [2.75, 3.05) is 0 Å². The maximum Gasteiger partial charge on any atom is 0.408 e. The summed E-state index contributed by atoms with van der Waals surface area (Å²) >= 11 is 0. The number of hydrogen-bond donors (Lipinski definition) is 1. The van der Waals surface area contributed by atoms with E-state index in [1.54, 1.807) is 20.8 Å². The van der Waals surface area contributed by atoms with Crippen molar-refractivity contribution in [3.63, 3.8) is 0 Å². The summed E-state index contributed by atoms with van der Waals surface area (Å²) in [7, 11) is 0. The molecule has 114 valence electrons. The van der Waals surface area contributed by atoms with Crippen molar-refractivity contribution in [1.82, 2.24) is 5.32 Å². The molecule has 1 aromatic rings. The molecule has 1 N–H and O–H groups in total. The highest BCUT2D eigenvalue weighted by Gasteiger charge is 2.20. The van der Waals surface area contributed by atoms with Crippen LogP contribution in [0.25, 0.3) is 0 Å². The number of benzene rings is 1. The Labute approximate surface area is 122 Å². The van der Waals surface area contributed by atoms with Gasteiger partial charge in [-0.3, -0.25) is 10.1 Å². The number of non-ortho nitro benzene ring substituents is 1. The van der Waals surface area contributed by atoms with Crippen LogP contribution in [0.1, 0.15) is 38.8 Å². The van der Waals surface area contributed by atoms with Crippen LogP contribution >= 0.6 is 0 Å². The van der Waals surface area contributed by atoms with E-state index in [-0.39, 0.29) is 12.1 Å². The molecule has 0 fully saturated rings. The van der Waals surface area contributed by atoms with Gasteiger partial charge in [-0.1, -0.05) is 12.1 Å². The van der Waals surface area contributed by atoms with Crippen LogP contribution in [0.3, 0.4) is 0 Å². The van der Waals surface area contributed by atoms with Gasteiger partial charge in [-0.2, -0.15) is 0 Å². The summed E-state index contributed by atoms with van der Waals surface area (Å²) in [5.41, 5.74) is -0.106. The summed E-state index contributed by atoms with van der Waals surface area (Å²) in [5.74, 6) is 0. The van der Waals surface area contributed by atoms with E-state index in [1.807, 2.05) is 0 Å². The fourth-order valence-corrected chi connectivity index (χ4v) is 1.65. The molecular weight excluding hydrogens is 276 g/mol. The number of rotatable bonds is 5. The monoisotopic (exact) mass is 294 g/mol. The summed E-state index contributed by atoms with van der Waals surface area (Å²) in [5, 5.41) is 13.2. The first-order valence-corrected chi connectivity index (χ1v) is 6.40. The van der Waals surface area contributed by atoms with Crippen LogP contribution in [0.4, 0.5) is 10.5 Å². The molecule has 0 saturated heterocycles. The van der Waals surface area contributed by atoms with Crippen LogP contribution in [0.15, 0.2) is 24.3 Å². The van der Waals surface area contributed by atoms with Crippen LogP contribution in [0.5, 0.6) is 0 Å². The Morgan fingerprint density at radius 3 is 2.38 bits per heavy atom. The summed E-state index contributed by atoms with van der Waals surface area (Å²) in [6.45, 7) is 5.19. The van der Waals surface area contributed by atoms with E-state index in [0.29, 0.717) is 11.8 Å². The molecule has 0 aliphatic heterocycles. The lowest BCUT2D eigenvalue weighted by Crippen LogP contribution is -2.35. The third-order valence-electron chi connectivity index (χ3n) is 2.53. The molecule has 0 spiro atoms. The Morgan fingerprint density at radius 1 is 1.38 bits per heavy atom. The van der Waals surface area contributed by atoms with Crippen LogP contribution < -0.4 is 5.32 Å². The molecule has 0 radical (unpaired) electrons.